The van der Waals surface area contributed by atoms with Gasteiger partial charge in [-0.3, -0.25) is 0 Å². The number of hydrogen-bond donors (Lipinski definition) is 0. The molecular formula is C48H26. The summed E-state index contributed by atoms with van der Waals surface area (Å²) in [6.07, 6.45) is 0. The van der Waals surface area contributed by atoms with E-state index >= 15 is 0 Å². The summed E-state index contributed by atoms with van der Waals surface area (Å²) in [6, 6.07) is 59.5. The van der Waals surface area contributed by atoms with Gasteiger partial charge in [-0.25, -0.2) is 0 Å². The molecule has 0 spiro atoms. The standard InChI is InChI=1S/C48H26/c1-2-11-29-23-41-38-20-19-33(34-15-7-16-35(47(34)38)39(41)21-27(29)9-1)43-25-45-37-18-8-17-36-40-22-28-10-3-4-12-30(28)24-42(40)46(48(36)37)26-44(45)32-14-6-5-13-31(32)43/h1-26H. The maximum Gasteiger partial charge on any atom is -0.00199 e. The molecule has 0 atom stereocenters. The van der Waals surface area contributed by atoms with E-state index in [2.05, 4.69) is 158 Å². The number of rotatable bonds is 1. The van der Waals surface area contributed by atoms with E-state index in [1.807, 2.05) is 0 Å². The fourth-order valence-electron chi connectivity index (χ4n) is 9.18. The summed E-state index contributed by atoms with van der Waals surface area (Å²) in [7, 11) is 0. The third-order valence-electron chi connectivity index (χ3n) is 11.3. The largest absolute Gasteiger partial charge is 0.0616 e. The molecule has 0 aliphatic heterocycles. The first-order chi connectivity index (χ1) is 23.8. The maximum absolute atomic E-state index is 2.49. The van der Waals surface area contributed by atoms with E-state index in [4.69, 9.17) is 0 Å². The molecule has 12 rings (SSSR count). The Morgan fingerprint density at radius 3 is 1.23 bits per heavy atom. The average molecular weight is 603 g/mol. The number of benzene rings is 10. The average Bonchev–Trinajstić information content (AvgIpc) is 3.63. The minimum absolute atomic E-state index is 1.29. The van der Waals surface area contributed by atoms with Gasteiger partial charge in [0.1, 0.15) is 0 Å². The highest BCUT2D eigenvalue weighted by Crippen LogP contribution is 2.54. The molecule has 218 valence electrons. The molecule has 2 aliphatic rings. The van der Waals surface area contributed by atoms with E-state index in [1.165, 1.54) is 120 Å². The second-order valence-corrected chi connectivity index (χ2v) is 13.6. The van der Waals surface area contributed by atoms with Crippen LogP contribution in [-0.2, 0) is 0 Å². The van der Waals surface area contributed by atoms with Gasteiger partial charge in [0.25, 0.3) is 0 Å². The Morgan fingerprint density at radius 1 is 0.188 bits per heavy atom. The highest BCUT2D eigenvalue weighted by Gasteiger charge is 2.26. The molecule has 0 N–H and O–H groups in total. The SMILES string of the molecule is c1ccc2cc3c(cc2c1)-c1cccc2c(-c4cc5c6cccc7c6c(cc5c5ccccc45)-c4cc5ccccc5cc4-7)ccc-3c12. The predicted molar refractivity (Wildman–Crippen MR) is 206 cm³/mol. The Hall–Kier alpha value is -6.24. The molecule has 0 heteroatoms. The quantitative estimate of drug-likeness (QED) is 0.164. The lowest BCUT2D eigenvalue weighted by atomic mass is 9.87. The molecule has 48 heavy (non-hydrogen) atoms. The van der Waals surface area contributed by atoms with Gasteiger partial charge in [0, 0.05) is 0 Å². The van der Waals surface area contributed by atoms with Gasteiger partial charge in [0.05, 0.1) is 0 Å². The second kappa shape index (κ2) is 8.76. The molecule has 0 saturated carbocycles. The van der Waals surface area contributed by atoms with Crippen LogP contribution in [0.2, 0.25) is 0 Å². The summed E-state index contributed by atoms with van der Waals surface area (Å²) < 4.78 is 0. The summed E-state index contributed by atoms with van der Waals surface area (Å²) in [5.74, 6) is 0. The maximum atomic E-state index is 2.49. The van der Waals surface area contributed by atoms with Gasteiger partial charge in [-0.2, -0.15) is 0 Å². The van der Waals surface area contributed by atoms with E-state index in [9.17, 15) is 0 Å². The Balaban J connectivity index is 1.17. The highest BCUT2D eigenvalue weighted by atomic mass is 14.3. The fourth-order valence-corrected chi connectivity index (χ4v) is 9.18. The first-order valence-electron chi connectivity index (χ1n) is 16.8. The smallest absolute Gasteiger partial charge is 0.00199 e. The minimum atomic E-state index is 1.29. The van der Waals surface area contributed by atoms with Crippen molar-refractivity contribution in [1.29, 1.82) is 0 Å². The Morgan fingerprint density at radius 2 is 0.604 bits per heavy atom. The Bertz CT molecular complexity index is 3050. The molecule has 10 aromatic carbocycles. The lowest BCUT2D eigenvalue weighted by molar-refractivity contribution is 1.71. The van der Waals surface area contributed by atoms with Crippen molar-refractivity contribution in [2.45, 2.75) is 0 Å². The van der Waals surface area contributed by atoms with Crippen LogP contribution in [0.3, 0.4) is 0 Å². The fraction of sp³-hybridized carbons (Fsp3) is 0. The van der Waals surface area contributed by atoms with Crippen molar-refractivity contribution in [2.24, 2.45) is 0 Å². The van der Waals surface area contributed by atoms with Gasteiger partial charge in [-0.15, -0.1) is 0 Å². The summed E-state index contributed by atoms with van der Waals surface area (Å²) in [5, 5.41) is 15.8. The molecule has 0 unspecified atom stereocenters. The van der Waals surface area contributed by atoms with Crippen LogP contribution in [-0.4, -0.2) is 0 Å². The van der Waals surface area contributed by atoms with E-state index in [1.54, 1.807) is 0 Å². The monoisotopic (exact) mass is 602 g/mol. The van der Waals surface area contributed by atoms with Gasteiger partial charge in [-0.1, -0.05) is 121 Å². The van der Waals surface area contributed by atoms with Crippen molar-refractivity contribution in [2.75, 3.05) is 0 Å². The van der Waals surface area contributed by atoms with Gasteiger partial charge in [0.2, 0.25) is 0 Å². The molecular weight excluding hydrogens is 577 g/mol. The van der Waals surface area contributed by atoms with Crippen LogP contribution in [0.25, 0.3) is 120 Å². The summed E-state index contributed by atoms with van der Waals surface area (Å²) in [5.41, 5.74) is 13.3. The van der Waals surface area contributed by atoms with Crippen LogP contribution >= 0.6 is 0 Å². The van der Waals surface area contributed by atoms with Crippen molar-refractivity contribution in [3.05, 3.63) is 158 Å². The normalized spacial score (nSPS) is 12.6. The third kappa shape index (κ3) is 3.06. The van der Waals surface area contributed by atoms with Gasteiger partial charge in [0.15, 0.2) is 0 Å². The predicted octanol–water partition coefficient (Wildman–Crippen LogP) is 13.6. The molecule has 10 aromatic rings. The zero-order valence-corrected chi connectivity index (χ0v) is 26.0. The lowest BCUT2D eigenvalue weighted by Crippen LogP contribution is -1.89. The molecule has 0 bridgehead atoms. The summed E-state index contributed by atoms with van der Waals surface area (Å²) in [4.78, 5) is 0. The molecule has 0 fully saturated rings. The van der Waals surface area contributed by atoms with E-state index in [-0.39, 0.29) is 0 Å². The van der Waals surface area contributed by atoms with Crippen molar-refractivity contribution >= 4 is 64.6 Å². The second-order valence-electron chi connectivity index (χ2n) is 13.6. The summed E-state index contributed by atoms with van der Waals surface area (Å²) >= 11 is 0. The summed E-state index contributed by atoms with van der Waals surface area (Å²) in [6.45, 7) is 0. The first-order valence-corrected chi connectivity index (χ1v) is 16.8. The molecule has 0 nitrogen and oxygen atoms in total. The van der Waals surface area contributed by atoms with Crippen LogP contribution in [0.1, 0.15) is 0 Å². The van der Waals surface area contributed by atoms with Gasteiger partial charge in [-0.05, 0) is 157 Å². The lowest BCUT2D eigenvalue weighted by Gasteiger charge is -2.16. The van der Waals surface area contributed by atoms with E-state index < -0.39 is 0 Å². The van der Waals surface area contributed by atoms with Crippen molar-refractivity contribution in [3.63, 3.8) is 0 Å². The van der Waals surface area contributed by atoms with Crippen molar-refractivity contribution < 1.29 is 0 Å². The zero-order valence-electron chi connectivity index (χ0n) is 26.0. The number of fused-ring (bicyclic) bond motifs is 12. The van der Waals surface area contributed by atoms with E-state index in [0.717, 1.165) is 0 Å². The first kappa shape index (κ1) is 24.9. The van der Waals surface area contributed by atoms with Crippen LogP contribution < -0.4 is 0 Å². The Labute approximate surface area is 277 Å². The minimum Gasteiger partial charge on any atom is -0.0616 e. The third-order valence-corrected chi connectivity index (χ3v) is 11.3. The van der Waals surface area contributed by atoms with Crippen LogP contribution in [0.4, 0.5) is 0 Å². The van der Waals surface area contributed by atoms with E-state index in [0.29, 0.717) is 0 Å². The van der Waals surface area contributed by atoms with Crippen molar-refractivity contribution in [1.82, 2.24) is 0 Å². The van der Waals surface area contributed by atoms with Crippen molar-refractivity contribution in [3.8, 4) is 55.6 Å². The topological polar surface area (TPSA) is 0 Å². The molecule has 0 amide bonds. The molecule has 2 aliphatic carbocycles. The van der Waals surface area contributed by atoms with Gasteiger partial charge < -0.3 is 0 Å². The molecule has 0 heterocycles. The molecule has 0 radical (unpaired) electrons. The van der Waals surface area contributed by atoms with Gasteiger partial charge >= 0.3 is 0 Å². The molecule has 0 saturated heterocycles. The Kier molecular flexibility index (Phi) is 4.55. The van der Waals surface area contributed by atoms with Crippen LogP contribution in [0.5, 0.6) is 0 Å². The number of hydrogen-bond acceptors (Lipinski definition) is 0. The zero-order chi connectivity index (χ0) is 31.1. The van der Waals surface area contributed by atoms with Crippen LogP contribution in [0, 0.1) is 0 Å². The highest BCUT2D eigenvalue weighted by molar-refractivity contribution is 6.30. The van der Waals surface area contributed by atoms with Crippen LogP contribution in [0.15, 0.2) is 158 Å². The molecule has 0 aromatic heterocycles.